The molecule has 0 saturated carbocycles. The summed E-state index contributed by atoms with van der Waals surface area (Å²) >= 11 is 6.24. The van der Waals surface area contributed by atoms with Crippen molar-refractivity contribution in [3.8, 4) is 0 Å². The number of nitrogens with one attached hydrogen (secondary N) is 3. The minimum absolute atomic E-state index is 0.227. The molecule has 152 valence electrons. The maximum atomic E-state index is 11.5. The summed E-state index contributed by atoms with van der Waals surface area (Å²) in [7, 11) is -1.54. The van der Waals surface area contributed by atoms with Crippen LogP contribution in [0.2, 0.25) is 5.02 Å². The van der Waals surface area contributed by atoms with Gasteiger partial charge in [0.25, 0.3) is 0 Å². The highest BCUT2D eigenvalue weighted by Gasteiger charge is 2.48. The minimum Gasteiger partial charge on any atom is -0.371 e. The van der Waals surface area contributed by atoms with Crippen LogP contribution in [-0.2, 0) is 26.5 Å². The van der Waals surface area contributed by atoms with Crippen LogP contribution < -0.4 is 15.4 Å². The van der Waals surface area contributed by atoms with Crippen LogP contribution in [0.4, 0.5) is 17.5 Å². The van der Waals surface area contributed by atoms with Crippen molar-refractivity contribution in [1.82, 2.24) is 24.5 Å². The molecule has 4 atom stereocenters. The van der Waals surface area contributed by atoms with Gasteiger partial charge in [-0.1, -0.05) is 11.6 Å². The van der Waals surface area contributed by atoms with Crippen molar-refractivity contribution in [2.45, 2.75) is 24.3 Å². The van der Waals surface area contributed by atoms with Crippen molar-refractivity contribution in [2.75, 3.05) is 30.1 Å². The van der Waals surface area contributed by atoms with Crippen LogP contribution in [0.5, 0.6) is 0 Å². The Hall–Kier alpha value is -1.99. The van der Waals surface area contributed by atoms with Gasteiger partial charge in [-0.25, -0.2) is 18.1 Å². The summed E-state index contributed by atoms with van der Waals surface area (Å²) < 4.78 is 38.7. The van der Waals surface area contributed by atoms with E-state index in [-0.39, 0.29) is 24.9 Å². The topological polar surface area (TPSA) is 132 Å². The molecule has 0 spiro atoms. The van der Waals surface area contributed by atoms with Crippen LogP contribution in [-0.4, -0.2) is 71.9 Å². The van der Waals surface area contributed by atoms with Crippen molar-refractivity contribution < 1.29 is 17.9 Å². The van der Waals surface area contributed by atoms with Gasteiger partial charge in [-0.3, -0.25) is 4.68 Å². The molecule has 0 radical (unpaired) electrons. The number of halogens is 1. The Kier molecular flexibility index (Phi) is 5.14. The molecule has 11 nitrogen and oxygen atoms in total. The zero-order chi connectivity index (χ0) is 19.9. The maximum absolute atomic E-state index is 11.5. The molecule has 2 saturated heterocycles. The van der Waals surface area contributed by atoms with Gasteiger partial charge in [0, 0.05) is 13.2 Å². The van der Waals surface area contributed by atoms with Crippen LogP contribution in [0.15, 0.2) is 18.6 Å². The highest BCUT2D eigenvalue weighted by atomic mass is 35.5. The molecule has 4 heterocycles. The summed E-state index contributed by atoms with van der Waals surface area (Å²) in [6.07, 6.45) is 5.36. The molecule has 28 heavy (non-hydrogen) atoms. The molecule has 2 aliphatic heterocycles. The van der Waals surface area contributed by atoms with Gasteiger partial charge in [0.1, 0.15) is 17.2 Å². The second-order valence-electron chi connectivity index (χ2n) is 6.76. The monoisotopic (exact) mass is 429 g/mol. The second-order valence-corrected chi connectivity index (χ2v) is 8.95. The van der Waals surface area contributed by atoms with E-state index in [1.165, 1.54) is 6.20 Å². The largest absolute Gasteiger partial charge is 0.371 e. The highest BCUT2D eigenvalue weighted by molar-refractivity contribution is 7.88. The first kappa shape index (κ1) is 19.3. The lowest BCUT2D eigenvalue weighted by atomic mass is 10.1. The predicted octanol–water partition coefficient (Wildman–Crippen LogP) is 0.103. The summed E-state index contributed by atoms with van der Waals surface area (Å²) in [5, 5.41) is 10.7. The number of sulfonamides is 1. The Morgan fingerprint density at radius 3 is 2.61 bits per heavy atom. The molecule has 2 unspecified atom stereocenters. The van der Waals surface area contributed by atoms with Gasteiger partial charge in [-0.05, 0) is 0 Å². The fraction of sp³-hybridized carbons (Fsp3) is 0.533. The number of fused-ring (bicyclic) bond motifs is 1. The lowest BCUT2D eigenvalue weighted by Gasteiger charge is -2.19. The SMILES string of the molecule is Cn1cc(Nc2ncc(Cl)c(N[C@@H]3COC4C3OC[C@@H]4NS(C)(=O)=O)n2)cn1. The van der Waals surface area contributed by atoms with Crippen molar-refractivity contribution in [3.63, 3.8) is 0 Å². The number of aryl methyl sites for hydroxylation is 1. The second kappa shape index (κ2) is 7.44. The van der Waals surface area contributed by atoms with E-state index in [9.17, 15) is 8.42 Å². The Morgan fingerprint density at radius 1 is 1.21 bits per heavy atom. The molecule has 2 aliphatic rings. The molecule has 2 aromatic rings. The number of nitrogens with zero attached hydrogens (tertiary/aromatic N) is 4. The highest BCUT2D eigenvalue weighted by Crippen LogP contribution is 2.31. The maximum Gasteiger partial charge on any atom is 0.229 e. The third-order valence-electron chi connectivity index (χ3n) is 4.45. The Balaban J connectivity index is 1.45. The molecule has 2 fully saturated rings. The van der Waals surface area contributed by atoms with Gasteiger partial charge in [0.15, 0.2) is 5.82 Å². The first-order valence-electron chi connectivity index (χ1n) is 8.54. The Morgan fingerprint density at radius 2 is 1.93 bits per heavy atom. The molecule has 3 N–H and O–H groups in total. The molecular weight excluding hydrogens is 410 g/mol. The predicted molar refractivity (Wildman–Crippen MR) is 102 cm³/mol. The number of hydrogen-bond donors (Lipinski definition) is 3. The fourth-order valence-electron chi connectivity index (χ4n) is 3.32. The number of anilines is 3. The van der Waals surface area contributed by atoms with E-state index in [0.717, 1.165) is 11.9 Å². The van der Waals surface area contributed by atoms with E-state index in [4.69, 9.17) is 21.1 Å². The van der Waals surface area contributed by atoms with Crippen LogP contribution in [0.3, 0.4) is 0 Å². The van der Waals surface area contributed by atoms with Crippen molar-refractivity contribution >= 4 is 39.1 Å². The zero-order valence-electron chi connectivity index (χ0n) is 15.2. The summed E-state index contributed by atoms with van der Waals surface area (Å²) in [5.74, 6) is 0.791. The van der Waals surface area contributed by atoms with Crippen molar-refractivity contribution in [1.29, 1.82) is 0 Å². The third-order valence-corrected chi connectivity index (χ3v) is 5.45. The zero-order valence-corrected chi connectivity index (χ0v) is 16.7. The fourth-order valence-corrected chi connectivity index (χ4v) is 4.22. The molecule has 2 aromatic heterocycles. The molecule has 0 amide bonds. The molecule has 0 aliphatic carbocycles. The standard InChI is InChI=1S/C15H20ClN7O4S/c1-23-5-8(3-18-23)19-15-17-4-9(16)14(21-15)20-10-6-26-13-11(7-27-12(10)13)22-28(2,24)25/h3-5,10-13,22H,6-7H2,1-2H3,(H2,17,19,20,21)/t10-,11+,12?,13?/m1/s1. The summed E-state index contributed by atoms with van der Waals surface area (Å²) in [6, 6.07) is -0.648. The van der Waals surface area contributed by atoms with E-state index in [2.05, 4.69) is 30.4 Å². The first-order valence-corrected chi connectivity index (χ1v) is 10.8. The van der Waals surface area contributed by atoms with E-state index < -0.39 is 16.1 Å². The average molecular weight is 430 g/mol. The number of hydrogen-bond acceptors (Lipinski definition) is 9. The van der Waals surface area contributed by atoms with Crippen molar-refractivity contribution in [3.05, 3.63) is 23.6 Å². The van der Waals surface area contributed by atoms with Gasteiger partial charge in [-0.2, -0.15) is 10.1 Å². The first-order chi connectivity index (χ1) is 13.3. The smallest absolute Gasteiger partial charge is 0.229 e. The van der Waals surface area contributed by atoms with E-state index in [0.29, 0.717) is 23.4 Å². The Bertz CT molecular complexity index is 969. The molecule has 4 rings (SSSR count). The number of aromatic nitrogens is 4. The summed E-state index contributed by atoms with van der Waals surface area (Å²) in [6.45, 7) is 0.578. The van der Waals surface area contributed by atoms with Crippen LogP contribution in [0.25, 0.3) is 0 Å². The number of rotatable bonds is 6. The van der Waals surface area contributed by atoms with Gasteiger partial charge in [0.05, 0.1) is 49.6 Å². The van der Waals surface area contributed by atoms with Crippen molar-refractivity contribution in [2.24, 2.45) is 7.05 Å². The van der Waals surface area contributed by atoms with E-state index >= 15 is 0 Å². The number of ether oxygens (including phenoxy) is 2. The lowest BCUT2D eigenvalue weighted by Crippen LogP contribution is -2.44. The quantitative estimate of drug-likeness (QED) is 0.584. The molecule has 13 heteroatoms. The molecule has 0 bridgehead atoms. The lowest BCUT2D eigenvalue weighted by molar-refractivity contribution is 0.0690. The molecular formula is C15H20ClN7O4S. The van der Waals surface area contributed by atoms with E-state index in [1.54, 1.807) is 17.1 Å². The minimum atomic E-state index is -3.35. The van der Waals surface area contributed by atoms with Gasteiger partial charge >= 0.3 is 0 Å². The van der Waals surface area contributed by atoms with Crippen LogP contribution in [0, 0.1) is 0 Å². The van der Waals surface area contributed by atoms with Gasteiger partial charge in [-0.15, -0.1) is 0 Å². The summed E-state index contributed by atoms with van der Waals surface area (Å²) in [4.78, 5) is 8.57. The Labute approximate surface area is 166 Å². The van der Waals surface area contributed by atoms with Crippen LogP contribution in [0.1, 0.15) is 0 Å². The normalized spacial score (nSPS) is 27.0. The molecule has 0 aromatic carbocycles. The third kappa shape index (κ3) is 4.20. The van der Waals surface area contributed by atoms with Crippen LogP contribution >= 0.6 is 11.6 Å². The summed E-state index contributed by atoms with van der Waals surface area (Å²) in [5.41, 5.74) is 0.744. The van der Waals surface area contributed by atoms with E-state index in [1.807, 2.05) is 7.05 Å². The van der Waals surface area contributed by atoms with Gasteiger partial charge < -0.3 is 20.1 Å². The van der Waals surface area contributed by atoms with Gasteiger partial charge in [0.2, 0.25) is 16.0 Å². The average Bonchev–Trinajstić information content (AvgIpc) is 3.29.